The fraction of sp³-hybridized carbons (Fsp3) is 0. The van der Waals surface area contributed by atoms with E-state index in [1.807, 2.05) is 109 Å². The monoisotopic (exact) mass is 824 g/mol. The van der Waals surface area contributed by atoms with Crippen LogP contribution in [0.25, 0.3) is 127 Å². The molecule has 0 aliphatic rings. The molecule has 0 unspecified atom stereocenters. The van der Waals surface area contributed by atoms with Crippen molar-refractivity contribution in [2.45, 2.75) is 0 Å². The summed E-state index contributed by atoms with van der Waals surface area (Å²) in [5.74, 6) is 0.630. The molecule has 5 aromatic heterocycles. The van der Waals surface area contributed by atoms with Crippen molar-refractivity contribution in [3.05, 3.63) is 218 Å². The van der Waals surface area contributed by atoms with Crippen molar-refractivity contribution in [2.24, 2.45) is 0 Å². The van der Waals surface area contributed by atoms with Gasteiger partial charge in [-0.05, 0) is 71.7 Å². The van der Waals surface area contributed by atoms with Crippen molar-refractivity contribution >= 4 is 87.4 Å². The Morgan fingerprint density at radius 1 is 0.375 bits per heavy atom. The van der Waals surface area contributed by atoms with E-state index in [0.717, 1.165) is 60.5 Å². The second-order valence-corrected chi connectivity index (χ2v) is 16.1. The van der Waals surface area contributed by atoms with Crippen LogP contribution >= 0.6 is 0 Å². The summed E-state index contributed by atoms with van der Waals surface area (Å²) in [6, 6.07) is 53.6. The summed E-state index contributed by atoms with van der Waals surface area (Å²) in [4.78, 5) is 5.46. The third-order valence-corrected chi connectivity index (χ3v) is 12.7. The lowest BCUT2D eigenvalue weighted by Gasteiger charge is -2.21. The minimum absolute atomic E-state index is 0.173. The third-order valence-electron chi connectivity index (χ3n) is 12.7. The van der Waals surface area contributed by atoms with Gasteiger partial charge in [0.2, 0.25) is 0 Å². The highest BCUT2D eigenvalue weighted by Crippen LogP contribution is 2.46. The summed E-state index contributed by atoms with van der Waals surface area (Å²) < 4.78 is 85.5. The summed E-state index contributed by atoms with van der Waals surface area (Å²) in [7, 11) is 0. The zero-order valence-electron chi connectivity index (χ0n) is 41.9. The van der Waals surface area contributed by atoms with Gasteiger partial charge in [0.05, 0.1) is 49.8 Å². The Morgan fingerprint density at radius 2 is 0.828 bits per heavy atom. The Balaban J connectivity index is 1.20. The molecule has 0 saturated heterocycles. The molecule has 0 bridgehead atoms. The first kappa shape index (κ1) is 28.0. The van der Waals surface area contributed by atoms with Gasteiger partial charge >= 0.3 is 0 Å². The SMILES string of the molecule is [2H]c1c([2H])c([2H])c2c(c1[2H])c1ccccc1n2-c1cc(-c2c(-c3cccc4c3oc3ccccc34)cccc2-n2c3ccccc3c3ccccc32)cc(-n2c3ccccc3c3c([2H])c([2H])c([2H])c([2H])c32)n1. The number of benzene rings is 9. The normalized spacial score (nSPS) is 13.8. The molecule has 298 valence electrons. The second kappa shape index (κ2) is 13.4. The zero-order valence-corrected chi connectivity index (χ0v) is 33.9. The second-order valence-electron chi connectivity index (χ2n) is 16.1. The minimum atomic E-state index is -0.385. The molecule has 0 radical (unpaired) electrons. The van der Waals surface area contributed by atoms with Gasteiger partial charge in [-0.15, -0.1) is 0 Å². The predicted octanol–water partition coefficient (Wildman–Crippen LogP) is 15.6. The van der Waals surface area contributed by atoms with Crippen LogP contribution in [0.15, 0.2) is 223 Å². The number of para-hydroxylation sites is 8. The van der Waals surface area contributed by atoms with Crippen LogP contribution in [0.3, 0.4) is 0 Å². The number of hydrogen-bond acceptors (Lipinski definition) is 2. The molecular formula is C59H36N4O. The molecule has 5 heterocycles. The summed E-state index contributed by atoms with van der Waals surface area (Å²) in [5.41, 5.74) is 9.02. The summed E-state index contributed by atoms with van der Waals surface area (Å²) >= 11 is 0. The van der Waals surface area contributed by atoms with E-state index >= 15 is 0 Å². The highest BCUT2D eigenvalue weighted by atomic mass is 16.3. The van der Waals surface area contributed by atoms with Crippen molar-refractivity contribution in [1.82, 2.24) is 18.7 Å². The number of hydrogen-bond donors (Lipinski definition) is 0. The highest BCUT2D eigenvalue weighted by Gasteiger charge is 2.24. The van der Waals surface area contributed by atoms with Crippen molar-refractivity contribution in [1.29, 1.82) is 0 Å². The maximum atomic E-state index is 9.48. The molecule has 0 amide bonds. The van der Waals surface area contributed by atoms with E-state index in [0.29, 0.717) is 55.4 Å². The van der Waals surface area contributed by atoms with Gasteiger partial charge in [0.25, 0.3) is 0 Å². The number of nitrogens with zero attached hydrogens (tertiary/aromatic N) is 4. The van der Waals surface area contributed by atoms with Crippen LogP contribution in [0, 0.1) is 0 Å². The van der Waals surface area contributed by atoms with E-state index in [1.165, 1.54) is 0 Å². The van der Waals surface area contributed by atoms with Crippen LogP contribution in [-0.2, 0) is 0 Å². The van der Waals surface area contributed by atoms with Crippen molar-refractivity contribution < 1.29 is 15.4 Å². The van der Waals surface area contributed by atoms with E-state index in [2.05, 4.69) is 65.2 Å². The Morgan fingerprint density at radius 3 is 1.42 bits per heavy atom. The number of rotatable bonds is 5. The zero-order chi connectivity index (χ0) is 48.8. The lowest BCUT2D eigenvalue weighted by molar-refractivity contribution is 0.670. The Hall–Kier alpha value is -8.67. The van der Waals surface area contributed by atoms with Gasteiger partial charge in [-0.1, -0.05) is 158 Å². The van der Waals surface area contributed by atoms with E-state index in [9.17, 15) is 5.48 Å². The molecular weight excluding hydrogens is 781 g/mol. The van der Waals surface area contributed by atoms with Crippen molar-refractivity contribution in [2.75, 3.05) is 0 Å². The van der Waals surface area contributed by atoms with Gasteiger partial charge in [-0.3, -0.25) is 9.13 Å². The lowest BCUT2D eigenvalue weighted by Crippen LogP contribution is -2.06. The number of furan rings is 1. The molecule has 0 saturated carbocycles. The maximum absolute atomic E-state index is 9.48. The summed E-state index contributed by atoms with van der Waals surface area (Å²) in [6.45, 7) is 0. The summed E-state index contributed by atoms with van der Waals surface area (Å²) in [6.07, 6.45) is 0. The molecule has 0 aliphatic heterocycles. The molecule has 0 atom stereocenters. The average Bonchev–Trinajstić information content (AvgIpc) is 4.17. The van der Waals surface area contributed by atoms with Gasteiger partial charge in [-0.2, -0.15) is 0 Å². The first-order chi connectivity index (χ1) is 35.1. The molecule has 0 aliphatic carbocycles. The van der Waals surface area contributed by atoms with E-state index < -0.39 is 0 Å². The number of pyridine rings is 1. The lowest BCUT2D eigenvalue weighted by atomic mass is 9.91. The van der Waals surface area contributed by atoms with Crippen LogP contribution < -0.4 is 0 Å². The molecule has 0 N–H and O–H groups in total. The van der Waals surface area contributed by atoms with Gasteiger partial charge in [0, 0.05) is 54.2 Å². The van der Waals surface area contributed by atoms with Crippen LogP contribution in [-0.4, -0.2) is 18.7 Å². The molecule has 9 aromatic carbocycles. The average molecular weight is 825 g/mol. The standard InChI is InChI=1S/C59H36N4O/c1-8-27-48-38(17-1)39-18-2-9-28-49(39)61(48)54-33-16-24-45(47-26-15-25-46-44-23-7-14-34-55(44)64-59(46)47)58(54)37-35-56(62-50-29-10-3-19-40(50)41-20-4-11-30-51(41)62)60-57(36-37)63-52-31-12-5-21-42(52)43-22-6-13-32-53(43)63/h1-36H/i3D,5D,10D,12D,19D,21D,29D,31D. The Bertz CT molecular complexity index is 4490. The first-order valence-corrected chi connectivity index (χ1v) is 21.1. The van der Waals surface area contributed by atoms with Gasteiger partial charge < -0.3 is 8.98 Å². The van der Waals surface area contributed by atoms with Gasteiger partial charge in [-0.25, -0.2) is 4.98 Å². The largest absolute Gasteiger partial charge is 0.455 e. The third kappa shape index (κ3) is 4.92. The van der Waals surface area contributed by atoms with E-state index in [1.54, 1.807) is 9.13 Å². The number of aromatic nitrogens is 4. The molecule has 14 rings (SSSR count). The fourth-order valence-corrected chi connectivity index (χ4v) is 10.1. The number of fused-ring (bicyclic) bond motifs is 12. The highest BCUT2D eigenvalue weighted by molar-refractivity contribution is 6.14. The molecule has 0 fully saturated rings. The minimum Gasteiger partial charge on any atom is -0.455 e. The van der Waals surface area contributed by atoms with Crippen LogP contribution in [0.2, 0.25) is 0 Å². The van der Waals surface area contributed by atoms with E-state index in [4.69, 9.17) is 14.9 Å². The van der Waals surface area contributed by atoms with Crippen LogP contribution in [0.5, 0.6) is 0 Å². The van der Waals surface area contributed by atoms with Crippen LogP contribution in [0.4, 0.5) is 0 Å². The fourth-order valence-electron chi connectivity index (χ4n) is 10.1. The quantitative estimate of drug-likeness (QED) is 0.173. The predicted molar refractivity (Wildman–Crippen MR) is 265 cm³/mol. The van der Waals surface area contributed by atoms with Crippen molar-refractivity contribution in [3.63, 3.8) is 0 Å². The van der Waals surface area contributed by atoms with Crippen molar-refractivity contribution in [3.8, 4) is 39.6 Å². The van der Waals surface area contributed by atoms with E-state index in [-0.39, 0.29) is 59.4 Å². The summed E-state index contributed by atoms with van der Waals surface area (Å²) in [5, 5.41) is 5.99. The molecule has 5 heteroatoms. The van der Waals surface area contributed by atoms with Gasteiger partial charge in [0.1, 0.15) is 22.8 Å². The van der Waals surface area contributed by atoms with Gasteiger partial charge in [0.15, 0.2) is 0 Å². The first-order valence-electron chi connectivity index (χ1n) is 25.1. The Kier molecular flexibility index (Phi) is 5.88. The smallest absolute Gasteiger partial charge is 0.143 e. The molecule has 0 spiro atoms. The van der Waals surface area contributed by atoms with Crippen LogP contribution in [0.1, 0.15) is 11.0 Å². The maximum Gasteiger partial charge on any atom is 0.143 e. The molecule has 64 heavy (non-hydrogen) atoms. The molecule has 14 aromatic rings. The topological polar surface area (TPSA) is 40.8 Å². The Labute approximate surface area is 378 Å². The molecule has 5 nitrogen and oxygen atoms in total.